The fourth-order valence-electron chi connectivity index (χ4n) is 3.17. The SMILES string of the molecule is C[C@@H]1CNCC[C@@H]1C(=O)N1CCn2c(nnc2C(F)(F)F)C1. The molecule has 0 radical (unpaired) electrons. The maximum atomic E-state index is 12.8. The molecule has 0 bridgehead atoms. The molecule has 122 valence electrons. The summed E-state index contributed by atoms with van der Waals surface area (Å²) in [6.07, 6.45) is -3.75. The molecule has 0 saturated carbocycles. The predicted molar refractivity (Wildman–Crippen MR) is 70.6 cm³/mol. The van der Waals surface area contributed by atoms with Gasteiger partial charge in [0, 0.05) is 19.0 Å². The number of hydrogen-bond donors (Lipinski definition) is 1. The number of piperidine rings is 1. The highest BCUT2D eigenvalue weighted by Gasteiger charge is 2.40. The number of alkyl halides is 3. The van der Waals surface area contributed by atoms with Crippen LogP contribution in [0.15, 0.2) is 0 Å². The summed E-state index contributed by atoms with van der Waals surface area (Å²) in [6.45, 7) is 4.05. The van der Waals surface area contributed by atoms with Gasteiger partial charge in [0.1, 0.15) is 0 Å². The Labute approximate surface area is 125 Å². The first-order chi connectivity index (χ1) is 10.4. The average Bonchev–Trinajstić information content (AvgIpc) is 2.90. The van der Waals surface area contributed by atoms with Crippen molar-refractivity contribution in [3.05, 3.63) is 11.6 Å². The lowest BCUT2D eigenvalue weighted by molar-refractivity contribution is -0.148. The van der Waals surface area contributed by atoms with Gasteiger partial charge >= 0.3 is 6.18 Å². The molecule has 1 fully saturated rings. The van der Waals surface area contributed by atoms with Crippen molar-refractivity contribution in [3.8, 4) is 0 Å². The first-order valence-corrected chi connectivity index (χ1v) is 7.36. The van der Waals surface area contributed by atoms with Crippen LogP contribution in [-0.4, -0.2) is 45.2 Å². The zero-order valence-electron chi connectivity index (χ0n) is 12.2. The quantitative estimate of drug-likeness (QED) is 0.835. The normalized spacial score (nSPS) is 25.9. The number of amides is 1. The minimum Gasteiger partial charge on any atom is -0.333 e. The number of rotatable bonds is 1. The zero-order valence-corrected chi connectivity index (χ0v) is 12.2. The van der Waals surface area contributed by atoms with Crippen molar-refractivity contribution in [2.45, 2.75) is 32.6 Å². The van der Waals surface area contributed by atoms with Gasteiger partial charge in [0.25, 0.3) is 0 Å². The first-order valence-electron chi connectivity index (χ1n) is 7.36. The van der Waals surface area contributed by atoms with Gasteiger partial charge < -0.3 is 14.8 Å². The molecule has 1 N–H and O–H groups in total. The molecule has 1 amide bonds. The standard InChI is InChI=1S/C13H18F3N5O/c1-8-6-17-3-2-9(8)11(22)20-4-5-21-10(7-20)18-19-12(21)13(14,15)16/h8-9,17H,2-7H2,1H3/t8-,9+/m1/s1. The second-order valence-corrected chi connectivity index (χ2v) is 5.93. The third kappa shape index (κ3) is 2.69. The summed E-state index contributed by atoms with van der Waals surface area (Å²) in [7, 11) is 0. The summed E-state index contributed by atoms with van der Waals surface area (Å²) in [5, 5.41) is 10.1. The van der Waals surface area contributed by atoms with E-state index < -0.39 is 12.0 Å². The van der Waals surface area contributed by atoms with E-state index in [1.165, 1.54) is 0 Å². The Balaban J connectivity index is 1.74. The van der Waals surface area contributed by atoms with Crippen molar-refractivity contribution in [3.63, 3.8) is 0 Å². The zero-order chi connectivity index (χ0) is 15.9. The van der Waals surface area contributed by atoms with Crippen LogP contribution < -0.4 is 5.32 Å². The number of hydrogen-bond acceptors (Lipinski definition) is 4. The molecule has 3 rings (SSSR count). The van der Waals surface area contributed by atoms with Crippen molar-refractivity contribution in [2.24, 2.45) is 11.8 Å². The Hall–Kier alpha value is -1.64. The van der Waals surface area contributed by atoms with Crippen LogP contribution >= 0.6 is 0 Å². The van der Waals surface area contributed by atoms with Crippen molar-refractivity contribution in [1.82, 2.24) is 25.0 Å². The molecule has 9 heteroatoms. The average molecular weight is 317 g/mol. The van der Waals surface area contributed by atoms with Gasteiger partial charge in [-0.05, 0) is 25.4 Å². The number of nitrogens with one attached hydrogen (secondary N) is 1. The maximum absolute atomic E-state index is 12.8. The third-order valence-electron chi connectivity index (χ3n) is 4.42. The number of fused-ring (bicyclic) bond motifs is 1. The van der Waals surface area contributed by atoms with E-state index in [2.05, 4.69) is 15.5 Å². The Kier molecular flexibility index (Phi) is 3.84. The highest BCUT2D eigenvalue weighted by Crippen LogP contribution is 2.30. The van der Waals surface area contributed by atoms with Gasteiger partial charge in [-0.3, -0.25) is 4.79 Å². The second-order valence-electron chi connectivity index (χ2n) is 5.93. The lowest BCUT2D eigenvalue weighted by atomic mass is 9.86. The summed E-state index contributed by atoms with van der Waals surface area (Å²) >= 11 is 0. The number of nitrogens with zero attached hydrogens (tertiary/aromatic N) is 4. The van der Waals surface area contributed by atoms with E-state index in [1.807, 2.05) is 6.92 Å². The highest BCUT2D eigenvalue weighted by molar-refractivity contribution is 5.79. The van der Waals surface area contributed by atoms with Crippen molar-refractivity contribution >= 4 is 5.91 Å². The van der Waals surface area contributed by atoms with Gasteiger partial charge in [-0.1, -0.05) is 6.92 Å². The smallest absolute Gasteiger partial charge is 0.333 e. The van der Waals surface area contributed by atoms with Crippen LogP contribution in [0.5, 0.6) is 0 Å². The number of halogens is 3. The molecule has 1 saturated heterocycles. The number of aromatic nitrogens is 3. The fourth-order valence-corrected chi connectivity index (χ4v) is 3.17. The van der Waals surface area contributed by atoms with Crippen LogP contribution in [0.2, 0.25) is 0 Å². The summed E-state index contributed by atoms with van der Waals surface area (Å²) in [5.74, 6) is -0.611. The van der Waals surface area contributed by atoms with Crippen LogP contribution in [0.25, 0.3) is 0 Å². The van der Waals surface area contributed by atoms with Crippen LogP contribution in [-0.2, 0) is 24.1 Å². The van der Waals surface area contributed by atoms with Gasteiger partial charge in [0.2, 0.25) is 11.7 Å². The van der Waals surface area contributed by atoms with Gasteiger partial charge in [-0.2, -0.15) is 13.2 Å². The molecule has 0 unspecified atom stereocenters. The summed E-state index contributed by atoms with van der Waals surface area (Å²) in [4.78, 5) is 14.2. The fraction of sp³-hybridized carbons (Fsp3) is 0.769. The Morgan fingerprint density at radius 3 is 2.77 bits per heavy atom. The van der Waals surface area contributed by atoms with E-state index in [-0.39, 0.29) is 43.2 Å². The van der Waals surface area contributed by atoms with Gasteiger partial charge in [0.05, 0.1) is 6.54 Å². The van der Waals surface area contributed by atoms with Crippen LogP contribution in [0.1, 0.15) is 25.0 Å². The Bertz CT molecular complexity index is 571. The van der Waals surface area contributed by atoms with Crippen LogP contribution in [0.3, 0.4) is 0 Å². The maximum Gasteiger partial charge on any atom is 0.451 e. The molecule has 6 nitrogen and oxygen atoms in total. The molecule has 0 aromatic carbocycles. The lowest BCUT2D eigenvalue weighted by Crippen LogP contribution is -2.47. The molecule has 0 spiro atoms. The molecule has 2 aliphatic rings. The second kappa shape index (κ2) is 5.53. The molecule has 2 aliphatic heterocycles. The summed E-state index contributed by atoms with van der Waals surface area (Å²) in [6, 6.07) is 0. The van der Waals surface area contributed by atoms with Crippen LogP contribution in [0, 0.1) is 11.8 Å². The largest absolute Gasteiger partial charge is 0.451 e. The molecule has 1 aromatic heterocycles. The molecule has 3 heterocycles. The first kappa shape index (κ1) is 15.3. The van der Waals surface area contributed by atoms with E-state index >= 15 is 0 Å². The molecule has 22 heavy (non-hydrogen) atoms. The van der Waals surface area contributed by atoms with E-state index in [0.717, 1.165) is 24.1 Å². The number of carbonyl (C=O) groups is 1. The van der Waals surface area contributed by atoms with Gasteiger partial charge in [-0.25, -0.2) is 0 Å². The third-order valence-corrected chi connectivity index (χ3v) is 4.42. The summed E-state index contributed by atoms with van der Waals surface area (Å²) in [5.41, 5.74) is 0. The van der Waals surface area contributed by atoms with E-state index in [9.17, 15) is 18.0 Å². The lowest BCUT2D eigenvalue weighted by Gasteiger charge is -2.35. The van der Waals surface area contributed by atoms with E-state index in [0.29, 0.717) is 0 Å². The van der Waals surface area contributed by atoms with Crippen molar-refractivity contribution in [2.75, 3.05) is 19.6 Å². The van der Waals surface area contributed by atoms with Gasteiger partial charge in [0.15, 0.2) is 5.82 Å². The molecule has 2 atom stereocenters. The Morgan fingerprint density at radius 2 is 2.09 bits per heavy atom. The van der Waals surface area contributed by atoms with Crippen molar-refractivity contribution in [1.29, 1.82) is 0 Å². The Morgan fingerprint density at radius 1 is 1.32 bits per heavy atom. The minimum atomic E-state index is -4.51. The summed E-state index contributed by atoms with van der Waals surface area (Å²) < 4.78 is 39.5. The van der Waals surface area contributed by atoms with E-state index in [4.69, 9.17) is 0 Å². The van der Waals surface area contributed by atoms with Crippen LogP contribution in [0.4, 0.5) is 13.2 Å². The monoisotopic (exact) mass is 317 g/mol. The topological polar surface area (TPSA) is 63.1 Å². The molecular weight excluding hydrogens is 299 g/mol. The number of carbonyl (C=O) groups excluding carboxylic acids is 1. The molecular formula is C13H18F3N5O. The van der Waals surface area contributed by atoms with E-state index in [1.54, 1.807) is 4.90 Å². The highest BCUT2D eigenvalue weighted by atomic mass is 19.4. The molecule has 1 aromatic rings. The van der Waals surface area contributed by atoms with Gasteiger partial charge in [-0.15, -0.1) is 10.2 Å². The molecule has 0 aliphatic carbocycles. The predicted octanol–water partition coefficient (Wildman–Crippen LogP) is 0.885. The minimum absolute atomic E-state index is 0.0109. The van der Waals surface area contributed by atoms with Crippen molar-refractivity contribution < 1.29 is 18.0 Å².